The highest BCUT2D eigenvalue weighted by Gasteiger charge is 2.18. The molecule has 0 unspecified atom stereocenters. The van der Waals surface area contributed by atoms with Crippen LogP contribution >= 0.6 is 31.9 Å². The zero-order chi connectivity index (χ0) is 18.0. The number of aryl methyl sites for hydroxylation is 4. The van der Waals surface area contributed by atoms with Crippen LogP contribution in [0.4, 0.5) is 5.69 Å². The molecule has 3 nitrogen and oxygen atoms in total. The van der Waals surface area contributed by atoms with Gasteiger partial charge < -0.3 is 5.32 Å². The molecule has 0 aliphatic rings. The Morgan fingerprint density at radius 1 is 0.833 bits per heavy atom. The third kappa shape index (κ3) is 4.33. The van der Waals surface area contributed by atoms with Crippen LogP contribution in [0.25, 0.3) is 0 Å². The van der Waals surface area contributed by atoms with E-state index in [0.29, 0.717) is 5.69 Å². The Morgan fingerprint density at radius 3 is 1.71 bits per heavy atom. The maximum absolute atomic E-state index is 12.4. The standard InChI is InChI=1S/C19H19Br2NO2/c1-10-5-14(20)6-11(2)16(10)9-17(23)19(24)22-18-12(3)7-15(21)8-13(18)4/h5-8H,9H2,1-4H3,(H,22,24). The van der Waals surface area contributed by atoms with Gasteiger partial charge in [-0.05, 0) is 79.8 Å². The van der Waals surface area contributed by atoms with Gasteiger partial charge in [0, 0.05) is 21.1 Å². The zero-order valence-electron chi connectivity index (χ0n) is 14.1. The molecule has 0 aliphatic heterocycles. The Balaban J connectivity index is 2.19. The smallest absolute Gasteiger partial charge is 0.292 e. The lowest BCUT2D eigenvalue weighted by molar-refractivity contribution is -0.134. The fraction of sp³-hybridized carbons (Fsp3) is 0.263. The molecule has 0 saturated carbocycles. The van der Waals surface area contributed by atoms with E-state index in [-0.39, 0.29) is 6.42 Å². The van der Waals surface area contributed by atoms with E-state index in [2.05, 4.69) is 37.2 Å². The third-order valence-corrected chi connectivity index (χ3v) is 4.90. The number of Topliss-reactive ketones (excluding diaryl/α,β-unsaturated/α-hetero) is 1. The molecule has 0 saturated heterocycles. The molecule has 0 heterocycles. The van der Waals surface area contributed by atoms with E-state index in [1.807, 2.05) is 52.0 Å². The first-order chi connectivity index (χ1) is 11.2. The molecule has 0 aliphatic carbocycles. The quantitative estimate of drug-likeness (QED) is 0.648. The van der Waals surface area contributed by atoms with Crippen LogP contribution in [0.1, 0.15) is 27.8 Å². The number of benzene rings is 2. The Hall–Kier alpha value is -1.46. The van der Waals surface area contributed by atoms with Crippen molar-refractivity contribution in [3.05, 3.63) is 61.0 Å². The fourth-order valence-corrected chi connectivity index (χ4v) is 4.12. The number of carbonyl (C=O) groups is 2. The van der Waals surface area contributed by atoms with E-state index < -0.39 is 11.7 Å². The van der Waals surface area contributed by atoms with Gasteiger partial charge in [0.25, 0.3) is 5.91 Å². The van der Waals surface area contributed by atoms with Crippen LogP contribution in [-0.2, 0) is 16.0 Å². The van der Waals surface area contributed by atoms with Gasteiger partial charge in [0.1, 0.15) is 0 Å². The van der Waals surface area contributed by atoms with Gasteiger partial charge in [-0.3, -0.25) is 9.59 Å². The zero-order valence-corrected chi connectivity index (χ0v) is 17.3. The molecule has 2 aromatic rings. The molecular weight excluding hydrogens is 434 g/mol. The van der Waals surface area contributed by atoms with Crippen molar-refractivity contribution < 1.29 is 9.59 Å². The Bertz CT molecular complexity index is 713. The van der Waals surface area contributed by atoms with Crippen LogP contribution in [0.3, 0.4) is 0 Å². The highest BCUT2D eigenvalue weighted by atomic mass is 79.9. The number of nitrogens with one attached hydrogen (secondary N) is 1. The number of carbonyl (C=O) groups excluding carboxylic acids is 2. The van der Waals surface area contributed by atoms with Gasteiger partial charge in [-0.1, -0.05) is 31.9 Å². The van der Waals surface area contributed by atoms with Crippen molar-refractivity contribution >= 4 is 49.2 Å². The minimum atomic E-state index is -0.578. The van der Waals surface area contributed by atoms with E-state index in [0.717, 1.165) is 36.8 Å². The summed E-state index contributed by atoms with van der Waals surface area (Å²) in [5, 5.41) is 2.76. The summed E-state index contributed by atoms with van der Waals surface area (Å²) in [4.78, 5) is 24.7. The SMILES string of the molecule is Cc1cc(Br)cc(C)c1CC(=O)C(=O)Nc1c(C)cc(Br)cc1C. The van der Waals surface area contributed by atoms with Gasteiger partial charge in [-0.2, -0.15) is 0 Å². The first-order valence-corrected chi connectivity index (χ1v) is 9.14. The molecule has 0 bridgehead atoms. The van der Waals surface area contributed by atoms with Gasteiger partial charge >= 0.3 is 0 Å². The van der Waals surface area contributed by atoms with Crippen LogP contribution in [0.2, 0.25) is 0 Å². The lowest BCUT2D eigenvalue weighted by atomic mass is 9.98. The van der Waals surface area contributed by atoms with Crippen LogP contribution in [0.15, 0.2) is 33.2 Å². The number of hydrogen-bond donors (Lipinski definition) is 1. The van der Waals surface area contributed by atoms with Crippen LogP contribution in [-0.4, -0.2) is 11.7 Å². The lowest BCUT2D eigenvalue weighted by Crippen LogP contribution is -2.25. The average molecular weight is 453 g/mol. The maximum atomic E-state index is 12.4. The Labute approximate surface area is 159 Å². The largest absolute Gasteiger partial charge is 0.319 e. The van der Waals surface area contributed by atoms with Gasteiger partial charge in [-0.15, -0.1) is 0 Å². The van der Waals surface area contributed by atoms with Gasteiger partial charge in [0.2, 0.25) is 5.78 Å². The van der Waals surface area contributed by atoms with E-state index in [1.54, 1.807) is 0 Å². The van der Waals surface area contributed by atoms with E-state index in [1.165, 1.54) is 0 Å². The molecule has 2 rings (SSSR count). The second-order valence-corrected chi connectivity index (χ2v) is 7.82. The lowest BCUT2D eigenvalue weighted by Gasteiger charge is -2.13. The number of amides is 1. The Morgan fingerprint density at radius 2 is 1.25 bits per heavy atom. The summed E-state index contributed by atoms with van der Waals surface area (Å²) < 4.78 is 1.92. The minimum Gasteiger partial charge on any atom is -0.319 e. The molecule has 0 aromatic heterocycles. The maximum Gasteiger partial charge on any atom is 0.292 e. The summed E-state index contributed by atoms with van der Waals surface area (Å²) in [5.41, 5.74) is 5.43. The number of hydrogen-bond acceptors (Lipinski definition) is 2. The second kappa shape index (κ2) is 7.62. The van der Waals surface area contributed by atoms with E-state index in [9.17, 15) is 9.59 Å². The summed E-state index contributed by atoms with van der Waals surface area (Å²) in [7, 11) is 0. The molecule has 1 N–H and O–H groups in total. The molecule has 5 heteroatoms. The van der Waals surface area contributed by atoms with Gasteiger partial charge in [-0.25, -0.2) is 0 Å². The third-order valence-electron chi connectivity index (χ3n) is 3.99. The number of ketones is 1. The molecule has 126 valence electrons. The number of halogens is 2. The number of anilines is 1. The van der Waals surface area contributed by atoms with E-state index >= 15 is 0 Å². The minimum absolute atomic E-state index is 0.103. The van der Waals surface area contributed by atoms with Crippen molar-refractivity contribution in [2.45, 2.75) is 34.1 Å². The second-order valence-electron chi connectivity index (χ2n) is 5.99. The molecule has 1 amide bonds. The van der Waals surface area contributed by atoms with Crippen LogP contribution in [0.5, 0.6) is 0 Å². The summed E-state index contributed by atoms with van der Waals surface area (Å²) in [6, 6.07) is 7.74. The first-order valence-electron chi connectivity index (χ1n) is 7.55. The molecule has 2 aromatic carbocycles. The van der Waals surface area contributed by atoms with Gasteiger partial charge in [0.05, 0.1) is 0 Å². The van der Waals surface area contributed by atoms with Gasteiger partial charge in [0.15, 0.2) is 0 Å². The van der Waals surface area contributed by atoms with Crippen LogP contribution < -0.4 is 5.32 Å². The first kappa shape index (κ1) is 18.9. The van der Waals surface area contributed by atoms with Crippen molar-refractivity contribution in [1.29, 1.82) is 0 Å². The predicted molar refractivity (Wildman–Crippen MR) is 105 cm³/mol. The van der Waals surface area contributed by atoms with Crippen molar-refractivity contribution in [3.8, 4) is 0 Å². The monoisotopic (exact) mass is 451 g/mol. The van der Waals surface area contributed by atoms with Crippen molar-refractivity contribution in [2.75, 3.05) is 5.32 Å². The van der Waals surface area contributed by atoms with Crippen molar-refractivity contribution in [1.82, 2.24) is 0 Å². The molecule has 0 spiro atoms. The van der Waals surface area contributed by atoms with Crippen molar-refractivity contribution in [3.63, 3.8) is 0 Å². The summed E-state index contributed by atoms with van der Waals surface area (Å²) in [6.07, 6.45) is 0.103. The highest BCUT2D eigenvalue weighted by molar-refractivity contribution is 9.10. The molecular formula is C19H19Br2NO2. The molecule has 0 radical (unpaired) electrons. The normalized spacial score (nSPS) is 10.6. The molecule has 0 atom stereocenters. The molecule has 24 heavy (non-hydrogen) atoms. The topological polar surface area (TPSA) is 46.2 Å². The summed E-state index contributed by atoms with van der Waals surface area (Å²) >= 11 is 6.86. The number of rotatable bonds is 4. The summed E-state index contributed by atoms with van der Waals surface area (Å²) in [6.45, 7) is 7.70. The van der Waals surface area contributed by atoms with Crippen molar-refractivity contribution in [2.24, 2.45) is 0 Å². The average Bonchev–Trinajstić information content (AvgIpc) is 2.46. The predicted octanol–water partition coefficient (Wildman–Crippen LogP) is 5.20. The fourth-order valence-electron chi connectivity index (χ4n) is 2.75. The van der Waals surface area contributed by atoms with E-state index in [4.69, 9.17) is 0 Å². The molecule has 0 fully saturated rings. The van der Waals surface area contributed by atoms with Crippen LogP contribution in [0, 0.1) is 27.7 Å². The highest BCUT2D eigenvalue weighted by Crippen LogP contribution is 2.25. The summed E-state index contributed by atoms with van der Waals surface area (Å²) in [5.74, 6) is -1.02. The Kier molecular flexibility index (Phi) is 5.99.